The molecule has 0 bridgehead atoms. The fourth-order valence-electron chi connectivity index (χ4n) is 1.86. The summed E-state index contributed by atoms with van der Waals surface area (Å²) in [6.45, 7) is 0.324. The number of benzene rings is 1. The Balaban J connectivity index is 1.98. The van der Waals surface area contributed by atoms with Gasteiger partial charge in [-0.1, -0.05) is 0 Å². The number of fused-ring (bicyclic) bond motifs is 1. The second kappa shape index (κ2) is 4.83. The SMILES string of the molecule is NCC(O)c1nccc(-c2ccc3c(c2)OCO3)n1. The Morgan fingerprint density at radius 2 is 2.11 bits per heavy atom. The zero-order chi connectivity index (χ0) is 13.2. The van der Waals surface area contributed by atoms with Crippen molar-refractivity contribution < 1.29 is 14.6 Å². The molecule has 0 saturated carbocycles. The number of aromatic nitrogens is 2. The van der Waals surface area contributed by atoms with Gasteiger partial charge in [0.05, 0.1) is 5.69 Å². The van der Waals surface area contributed by atoms with Crippen LogP contribution < -0.4 is 15.2 Å². The molecular weight excluding hydrogens is 246 g/mol. The maximum atomic E-state index is 9.66. The number of aliphatic hydroxyl groups excluding tert-OH is 1. The highest BCUT2D eigenvalue weighted by molar-refractivity contribution is 5.64. The predicted molar refractivity (Wildman–Crippen MR) is 67.6 cm³/mol. The van der Waals surface area contributed by atoms with Crippen LogP contribution in [0.15, 0.2) is 30.5 Å². The van der Waals surface area contributed by atoms with E-state index >= 15 is 0 Å². The zero-order valence-electron chi connectivity index (χ0n) is 10.1. The molecule has 0 amide bonds. The Bertz CT molecular complexity index is 603. The highest BCUT2D eigenvalue weighted by Gasteiger charge is 2.15. The van der Waals surface area contributed by atoms with Gasteiger partial charge in [0, 0.05) is 18.3 Å². The van der Waals surface area contributed by atoms with Gasteiger partial charge >= 0.3 is 0 Å². The van der Waals surface area contributed by atoms with Crippen LogP contribution in [0, 0.1) is 0 Å². The number of ether oxygens (including phenoxy) is 2. The van der Waals surface area contributed by atoms with Crippen molar-refractivity contribution in [3.63, 3.8) is 0 Å². The predicted octanol–water partition coefficient (Wildman–Crippen LogP) is 0.864. The zero-order valence-corrected chi connectivity index (χ0v) is 10.1. The van der Waals surface area contributed by atoms with Gasteiger partial charge < -0.3 is 20.3 Å². The molecule has 6 nitrogen and oxygen atoms in total. The molecule has 0 spiro atoms. The largest absolute Gasteiger partial charge is 0.454 e. The number of rotatable bonds is 3. The summed E-state index contributed by atoms with van der Waals surface area (Å²) in [7, 11) is 0. The van der Waals surface area contributed by atoms with Gasteiger partial charge in [0.1, 0.15) is 6.10 Å². The Kier molecular flexibility index (Phi) is 3.02. The van der Waals surface area contributed by atoms with E-state index in [2.05, 4.69) is 9.97 Å². The Morgan fingerprint density at radius 3 is 2.95 bits per heavy atom. The fourth-order valence-corrected chi connectivity index (χ4v) is 1.86. The Labute approximate surface area is 109 Å². The van der Waals surface area contributed by atoms with Crippen molar-refractivity contribution in [2.45, 2.75) is 6.10 Å². The summed E-state index contributed by atoms with van der Waals surface area (Å²) >= 11 is 0. The molecule has 0 fully saturated rings. The monoisotopic (exact) mass is 259 g/mol. The maximum absolute atomic E-state index is 9.66. The molecule has 6 heteroatoms. The standard InChI is InChI=1S/C13H13N3O3/c14-6-10(17)13-15-4-3-9(16-13)8-1-2-11-12(5-8)19-7-18-11/h1-5,10,17H,6-7,14H2. The van der Waals surface area contributed by atoms with Crippen molar-refractivity contribution in [3.8, 4) is 22.8 Å². The van der Waals surface area contributed by atoms with Gasteiger partial charge in [-0.25, -0.2) is 9.97 Å². The van der Waals surface area contributed by atoms with Gasteiger partial charge in [-0.2, -0.15) is 0 Å². The lowest BCUT2D eigenvalue weighted by atomic mass is 10.1. The quantitative estimate of drug-likeness (QED) is 0.849. The first-order valence-electron chi connectivity index (χ1n) is 5.89. The molecule has 1 aromatic carbocycles. The van der Waals surface area contributed by atoms with Gasteiger partial charge in [0.2, 0.25) is 6.79 Å². The van der Waals surface area contributed by atoms with Gasteiger partial charge in [0.15, 0.2) is 17.3 Å². The molecule has 19 heavy (non-hydrogen) atoms. The molecule has 1 aliphatic rings. The molecule has 0 aliphatic carbocycles. The van der Waals surface area contributed by atoms with E-state index in [-0.39, 0.29) is 13.3 Å². The van der Waals surface area contributed by atoms with E-state index in [1.54, 1.807) is 12.3 Å². The second-order valence-corrected chi connectivity index (χ2v) is 4.12. The molecule has 1 aromatic heterocycles. The topological polar surface area (TPSA) is 90.5 Å². The van der Waals surface area contributed by atoms with Crippen LogP contribution in [0.1, 0.15) is 11.9 Å². The summed E-state index contributed by atoms with van der Waals surface area (Å²) in [5.41, 5.74) is 6.98. The maximum Gasteiger partial charge on any atom is 0.231 e. The first-order valence-corrected chi connectivity index (χ1v) is 5.89. The molecule has 2 aromatic rings. The number of hydrogen-bond acceptors (Lipinski definition) is 6. The minimum Gasteiger partial charge on any atom is -0.454 e. The molecule has 1 aliphatic heterocycles. The highest BCUT2D eigenvalue weighted by Crippen LogP contribution is 2.35. The third kappa shape index (κ3) is 2.23. The third-order valence-electron chi connectivity index (χ3n) is 2.86. The number of aliphatic hydroxyl groups is 1. The van der Waals surface area contributed by atoms with Crippen molar-refractivity contribution in [1.82, 2.24) is 9.97 Å². The van der Waals surface area contributed by atoms with Crippen LogP contribution in [-0.4, -0.2) is 28.4 Å². The van der Waals surface area contributed by atoms with Crippen LogP contribution >= 0.6 is 0 Å². The van der Waals surface area contributed by atoms with Gasteiger partial charge in [-0.3, -0.25) is 0 Å². The molecule has 0 saturated heterocycles. The molecule has 1 unspecified atom stereocenters. The Hall–Kier alpha value is -2.18. The summed E-state index contributed by atoms with van der Waals surface area (Å²) in [6, 6.07) is 7.33. The van der Waals surface area contributed by atoms with Crippen molar-refractivity contribution in [2.24, 2.45) is 5.73 Å². The van der Waals surface area contributed by atoms with Crippen LogP contribution in [0.2, 0.25) is 0 Å². The van der Waals surface area contributed by atoms with Crippen LogP contribution in [-0.2, 0) is 0 Å². The van der Waals surface area contributed by atoms with Crippen molar-refractivity contribution in [1.29, 1.82) is 0 Å². The van der Waals surface area contributed by atoms with Crippen LogP contribution in [0.3, 0.4) is 0 Å². The third-order valence-corrected chi connectivity index (χ3v) is 2.86. The summed E-state index contributed by atoms with van der Waals surface area (Å²) in [6.07, 6.45) is 0.746. The van der Waals surface area contributed by atoms with Crippen LogP contribution in [0.5, 0.6) is 11.5 Å². The van der Waals surface area contributed by atoms with E-state index in [9.17, 15) is 5.11 Å². The molecule has 98 valence electrons. The Morgan fingerprint density at radius 1 is 1.26 bits per heavy atom. The van der Waals surface area contributed by atoms with Gasteiger partial charge in [-0.05, 0) is 24.3 Å². The van der Waals surface area contributed by atoms with Gasteiger partial charge in [-0.15, -0.1) is 0 Å². The summed E-state index contributed by atoms with van der Waals surface area (Å²) in [5, 5.41) is 9.66. The van der Waals surface area contributed by atoms with E-state index in [4.69, 9.17) is 15.2 Å². The number of nitrogens with zero attached hydrogens (tertiary/aromatic N) is 2. The van der Waals surface area contributed by atoms with E-state index in [1.807, 2.05) is 18.2 Å². The van der Waals surface area contributed by atoms with Crippen molar-refractivity contribution >= 4 is 0 Å². The van der Waals surface area contributed by atoms with E-state index in [0.29, 0.717) is 17.3 Å². The normalized spacial score (nSPS) is 14.4. The smallest absolute Gasteiger partial charge is 0.231 e. The molecule has 3 rings (SSSR count). The van der Waals surface area contributed by atoms with Gasteiger partial charge in [0.25, 0.3) is 0 Å². The summed E-state index contributed by atoms with van der Waals surface area (Å²) in [5.74, 6) is 1.73. The average Bonchev–Trinajstić information content (AvgIpc) is 2.94. The lowest BCUT2D eigenvalue weighted by Crippen LogP contribution is -2.14. The minimum absolute atomic E-state index is 0.0879. The van der Waals surface area contributed by atoms with E-state index < -0.39 is 6.10 Å². The molecule has 1 atom stereocenters. The van der Waals surface area contributed by atoms with E-state index in [0.717, 1.165) is 11.3 Å². The molecular formula is C13H13N3O3. The first kappa shape index (κ1) is 11.9. The lowest BCUT2D eigenvalue weighted by molar-refractivity contribution is 0.174. The molecule has 2 heterocycles. The van der Waals surface area contributed by atoms with Crippen LogP contribution in [0.25, 0.3) is 11.3 Å². The van der Waals surface area contributed by atoms with Crippen molar-refractivity contribution in [3.05, 3.63) is 36.3 Å². The first-order chi connectivity index (χ1) is 9.28. The number of nitrogens with two attached hydrogens (primary N) is 1. The highest BCUT2D eigenvalue weighted by atomic mass is 16.7. The van der Waals surface area contributed by atoms with Crippen LogP contribution in [0.4, 0.5) is 0 Å². The summed E-state index contributed by atoms with van der Waals surface area (Å²) in [4.78, 5) is 8.31. The molecule has 3 N–H and O–H groups in total. The summed E-state index contributed by atoms with van der Waals surface area (Å²) < 4.78 is 10.6. The van der Waals surface area contributed by atoms with Crippen molar-refractivity contribution in [2.75, 3.05) is 13.3 Å². The second-order valence-electron chi connectivity index (χ2n) is 4.12. The molecule has 0 radical (unpaired) electrons. The minimum atomic E-state index is -0.853. The number of hydrogen-bond donors (Lipinski definition) is 2. The average molecular weight is 259 g/mol. The lowest BCUT2D eigenvalue weighted by Gasteiger charge is -2.08. The fraction of sp³-hybridized carbons (Fsp3) is 0.231. The van der Waals surface area contributed by atoms with E-state index in [1.165, 1.54) is 0 Å².